The van der Waals surface area contributed by atoms with Crippen LogP contribution in [-0.4, -0.2) is 21.9 Å². The normalized spacial score (nSPS) is 11.9. The third-order valence-electron chi connectivity index (χ3n) is 3.84. The Labute approximate surface area is 137 Å². The molecule has 1 amide bonds. The van der Waals surface area contributed by atoms with Crippen molar-refractivity contribution in [2.24, 2.45) is 0 Å². The van der Waals surface area contributed by atoms with Crippen molar-refractivity contribution < 1.29 is 4.79 Å². The minimum Gasteiger partial charge on any atom is -0.368 e. The first-order chi connectivity index (χ1) is 10.9. The second-order valence-electron chi connectivity index (χ2n) is 5.89. The highest BCUT2D eigenvalue weighted by atomic mass is 16.1. The molecule has 0 radical (unpaired) electrons. The molecule has 1 aromatic heterocycles. The number of aromatic nitrogens is 2. The average molecular weight is 312 g/mol. The molecule has 0 aliphatic heterocycles. The highest BCUT2D eigenvalue weighted by molar-refractivity contribution is 6.03. The van der Waals surface area contributed by atoms with E-state index in [1.54, 1.807) is 13.0 Å². The predicted molar refractivity (Wildman–Crippen MR) is 94.0 cm³/mol. The lowest BCUT2D eigenvalue weighted by Gasteiger charge is -2.13. The van der Waals surface area contributed by atoms with Gasteiger partial charge in [-0.25, -0.2) is 9.97 Å². The molecular formula is C18H24N4O. The Morgan fingerprint density at radius 3 is 2.52 bits per heavy atom. The highest BCUT2D eigenvalue weighted by Crippen LogP contribution is 2.16. The van der Waals surface area contributed by atoms with Gasteiger partial charge in [0.25, 0.3) is 5.91 Å². The van der Waals surface area contributed by atoms with Gasteiger partial charge in [-0.05, 0) is 57.4 Å². The Hall–Kier alpha value is -2.43. The van der Waals surface area contributed by atoms with Gasteiger partial charge in [-0.15, -0.1) is 0 Å². The van der Waals surface area contributed by atoms with Crippen LogP contribution in [0.25, 0.3) is 0 Å². The molecule has 1 atom stereocenters. The number of amides is 1. The molecule has 5 heteroatoms. The van der Waals surface area contributed by atoms with Crippen LogP contribution in [0.4, 0.5) is 11.5 Å². The predicted octanol–water partition coefficient (Wildman–Crippen LogP) is 3.86. The minimum atomic E-state index is -0.231. The van der Waals surface area contributed by atoms with Gasteiger partial charge < -0.3 is 10.6 Å². The van der Waals surface area contributed by atoms with Crippen LogP contribution in [0.1, 0.15) is 47.7 Å². The number of carbonyl (C=O) groups is 1. The Kier molecular flexibility index (Phi) is 5.32. The summed E-state index contributed by atoms with van der Waals surface area (Å²) >= 11 is 0. The molecule has 1 unspecified atom stereocenters. The van der Waals surface area contributed by atoms with Gasteiger partial charge in [-0.1, -0.05) is 13.0 Å². The standard InChI is InChI=1S/C18H24N4O/c1-6-13(4)19-17-10-16(20-14(5)21-17)18(23)22-15-8-7-11(2)12(3)9-15/h7-10,13H,6H2,1-5H3,(H,22,23)(H,19,20,21). The summed E-state index contributed by atoms with van der Waals surface area (Å²) in [6.07, 6.45) is 0.979. The number of aryl methyl sites for hydroxylation is 3. The van der Waals surface area contributed by atoms with E-state index in [1.807, 2.05) is 32.0 Å². The van der Waals surface area contributed by atoms with E-state index in [0.29, 0.717) is 23.4 Å². The van der Waals surface area contributed by atoms with Crippen LogP contribution in [0, 0.1) is 20.8 Å². The SMILES string of the molecule is CCC(C)Nc1cc(C(=O)Nc2ccc(C)c(C)c2)nc(C)n1. The summed E-state index contributed by atoms with van der Waals surface area (Å²) in [7, 11) is 0. The van der Waals surface area contributed by atoms with Crippen molar-refractivity contribution in [2.75, 3.05) is 10.6 Å². The quantitative estimate of drug-likeness (QED) is 0.879. The van der Waals surface area contributed by atoms with Crippen LogP contribution in [0.3, 0.4) is 0 Å². The van der Waals surface area contributed by atoms with Gasteiger partial charge >= 0.3 is 0 Å². The monoisotopic (exact) mass is 312 g/mol. The van der Waals surface area contributed by atoms with Crippen molar-refractivity contribution in [1.29, 1.82) is 0 Å². The second kappa shape index (κ2) is 7.22. The molecule has 0 saturated heterocycles. The fourth-order valence-corrected chi connectivity index (χ4v) is 2.13. The Morgan fingerprint density at radius 1 is 1.13 bits per heavy atom. The molecule has 2 N–H and O–H groups in total. The topological polar surface area (TPSA) is 66.9 Å². The Morgan fingerprint density at radius 2 is 1.87 bits per heavy atom. The maximum absolute atomic E-state index is 12.4. The van der Waals surface area contributed by atoms with E-state index in [1.165, 1.54) is 5.56 Å². The zero-order valence-electron chi connectivity index (χ0n) is 14.4. The minimum absolute atomic E-state index is 0.231. The van der Waals surface area contributed by atoms with Gasteiger partial charge in [-0.3, -0.25) is 4.79 Å². The molecule has 122 valence electrons. The number of carbonyl (C=O) groups excluding carboxylic acids is 1. The number of anilines is 2. The summed E-state index contributed by atoms with van der Waals surface area (Å²) in [5.74, 6) is 1.02. The molecule has 0 bridgehead atoms. The molecule has 0 aliphatic rings. The molecular weight excluding hydrogens is 288 g/mol. The van der Waals surface area contributed by atoms with Crippen LogP contribution in [0.5, 0.6) is 0 Å². The summed E-state index contributed by atoms with van der Waals surface area (Å²) in [5.41, 5.74) is 3.47. The van der Waals surface area contributed by atoms with E-state index in [2.05, 4.69) is 34.4 Å². The van der Waals surface area contributed by atoms with Crippen LogP contribution >= 0.6 is 0 Å². The van der Waals surface area contributed by atoms with Crippen LogP contribution in [0.2, 0.25) is 0 Å². The lowest BCUT2D eigenvalue weighted by molar-refractivity contribution is 0.102. The third kappa shape index (κ3) is 4.52. The molecule has 0 aliphatic carbocycles. The van der Waals surface area contributed by atoms with Gasteiger partial charge in [0, 0.05) is 17.8 Å². The van der Waals surface area contributed by atoms with E-state index in [0.717, 1.165) is 17.7 Å². The highest BCUT2D eigenvalue weighted by Gasteiger charge is 2.12. The number of hydrogen-bond acceptors (Lipinski definition) is 4. The van der Waals surface area contributed by atoms with Crippen molar-refractivity contribution in [1.82, 2.24) is 9.97 Å². The van der Waals surface area contributed by atoms with Gasteiger partial charge in [0.15, 0.2) is 0 Å². The molecule has 2 rings (SSSR count). The van der Waals surface area contributed by atoms with Crippen LogP contribution in [-0.2, 0) is 0 Å². The van der Waals surface area contributed by atoms with Gasteiger partial charge in [0.1, 0.15) is 17.3 Å². The number of hydrogen-bond donors (Lipinski definition) is 2. The molecule has 5 nitrogen and oxygen atoms in total. The molecule has 0 fully saturated rings. The fraction of sp³-hybridized carbons (Fsp3) is 0.389. The molecule has 1 heterocycles. The largest absolute Gasteiger partial charge is 0.368 e. The summed E-state index contributed by atoms with van der Waals surface area (Å²) in [6, 6.07) is 7.83. The lowest BCUT2D eigenvalue weighted by Crippen LogP contribution is -2.18. The number of benzene rings is 1. The van der Waals surface area contributed by atoms with E-state index in [9.17, 15) is 4.79 Å². The van der Waals surface area contributed by atoms with Gasteiger partial charge in [0.2, 0.25) is 0 Å². The van der Waals surface area contributed by atoms with Crippen LogP contribution in [0.15, 0.2) is 24.3 Å². The zero-order valence-corrected chi connectivity index (χ0v) is 14.4. The van der Waals surface area contributed by atoms with Crippen LogP contribution < -0.4 is 10.6 Å². The molecule has 23 heavy (non-hydrogen) atoms. The molecule has 2 aromatic rings. The molecule has 0 saturated carbocycles. The molecule has 0 spiro atoms. The second-order valence-corrected chi connectivity index (χ2v) is 5.89. The van der Waals surface area contributed by atoms with Crippen molar-refractivity contribution in [3.05, 3.63) is 46.9 Å². The average Bonchev–Trinajstić information content (AvgIpc) is 2.50. The van der Waals surface area contributed by atoms with E-state index in [-0.39, 0.29) is 5.91 Å². The van der Waals surface area contributed by atoms with Crippen molar-refractivity contribution in [2.45, 2.75) is 47.1 Å². The summed E-state index contributed by atoms with van der Waals surface area (Å²) in [5, 5.41) is 6.17. The first-order valence-corrected chi connectivity index (χ1v) is 7.90. The number of nitrogens with zero attached hydrogens (tertiary/aromatic N) is 2. The zero-order chi connectivity index (χ0) is 17.0. The van der Waals surface area contributed by atoms with Crippen molar-refractivity contribution >= 4 is 17.4 Å². The first-order valence-electron chi connectivity index (χ1n) is 7.90. The first kappa shape index (κ1) is 16.9. The van der Waals surface area contributed by atoms with Crippen molar-refractivity contribution in [3.63, 3.8) is 0 Å². The third-order valence-corrected chi connectivity index (χ3v) is 3.84. The number of nitrogens with one attached hydrogen (secondary N) is 2. The Balaban J connectivity index is 2.19. The van der Waals surface area contributed by atoms with Gasteiger partial charge in [-0.2, -0.15) is 0 Å². The smallest absolute Gasteiger partial charge is 0.274 e. The fourth-order valence-electron chi connectivity index (χ4n) is 2.13. The summed E-state index contributed by atoms with van der Waals surface area (Å²) < 4.78 is 0. The summed E-state index contributed by atoms with van der Waals surface area (Å²) in [6.45, 7) is 10.0. The maximum atomic E-state index is 12.4. The summed E-state index contributed by atoms with van der Waals surface area (Å²) in [4.78, 5) is 21.0. The lowest BCUT2D eigenvalue weighted by atomic mass is 10.1. The van der Waals surface area contributed by atoms with E-state index >= 15 is 0 Å². The Bertz CT molecular complexity index is 712. The maximum Gasteiger partial charge on any atom is 0.274 e. The van der Waals surface area contributed by atoms with Gasteiger partial charge in [0.05, 0.1) is 0 Å². The number of rotatable bonds is 5. The van der Waals surface area contributed by atoms with E-state index < -0.39 is 0 Å². The molecule has 1 aromatic carbocycles. The van der Waals surface area contributed by atoms with E-state index in [4.69, 9.17) is 0 Å². The van der Waals surface area contributed by atoms with Crippen molar-refractivity contribution in [3.8, 4) is 0 Å².